The molecule has 0 atom stereocenters. The summed E-state index contributed by atoms with van der Waals surface area (Å²) in [5.74, 6) is 1.14. The van der Waals surface area contributed by atoms with Crippen molar-refractivity contribution in [2.45, 2.75) is 31.2 Å². The van der Waals surface area contributed by atoms with Crippen LogP contribution in [0.15, 0.2) is 37.4 Å². The number of Topliss-reactive ketones (excluding diaryl/α,β-unsaturated/α-hetero) is 1. The molecular formula is C15H21NO2. The van der Waals surface area contributed by atoms with Gasteiger partial charge >= 0.3 is 0 Å². The van der Waals surface area contributed by atoms with Gasteiger partial charge in [-0.15, -0.1) is 13.2 Å². The lowest BCUT2D eigenvalue weighted by molar-refractivity contribution is -0.121. The number of nitrogens with two attached hydrogens (primary N) is 1. The van der Waals surface area contributed by atoms with Crippen LogP contribution in [0.5, 0.6) is 5.75 Å². The van der Waals surface area contributed by atoms with Crippen LogP contribution in [0.4, 0.5) is 0 Å². The molecule has 1 aliphatic carbocycles. The maximum atomic E-state index is 11.2. The molecule has 0 aromatic heterocycles. The molecule has 2 N–H and O–H groups in total. The SMILES string of the molecule is C=C.COc1cccc(C2(N)CCC(=O)CC2)c1. The molecule has 2 rings (SSSR count). The first-order valence-corrected chi connectivity index (χ1v) is 6.09. The first-order chi connectivity index (χ1) is 8.64. The van der Waals surface area contributed by atoms with Gasteiger partial charge in [0.1, 0.15) is 11.5 Å². The number of carbonyl (C=O) groups excluding carboxylic acids is 1. The topological polar surface area (TPSA) is 52.3 Å². The van der Waals surface area contributed by atoms with E-state index < -0.39 is 0 Å². The highest BCUT2D eigenvalue weighted by atomic mass is 16.5. The van der Waals surface area contributed by atoms with E-state index in [1.807, 2.05) is 24.3 Å². The van der Waals surface area contributed by atoms with Crippen LogP contribution >= 0.6 is 0 Å². The zero-order valence-corrected chi connectivity index (χ0v) is 10.9. The predicted octanol–water partition coefficient (Wildman–Crippen LogP) is 2.79. The van der Waals surface area contributed by atoms with Crippen LogP contribution in [0.3, 0.4) is 0 Å². The fraction of sp³-hybridized carbons (Fsp3) is 0.400. The fourth-order valence-electron chi connectivity index (χ4n) is 2.20. The Bertz CT molecular complexity index is 405. The molecular weight excluding hydrogens is 226 g/mol. The third kappa shape index (κ3) is 3.20. The third-order valence-electron chi connectivity index (χ3n) is 3.34. The number of rotatable bonds is 2. The first kappa shape index (κ1) is 14.5. The van der Waals surface area contributed by atoms with Crippen molar-refractivity contribution < 1.29 is 9.53 Å². The Balaban J connectivity index is 0.000000771. The summed E-state index contributed by atoms with van der Waals surface area (Å²) in [6, 6.07) is 7.83. The van der Waals surface area contributed by atoms with E-state index in [-0.39, 0.29) is 5.54 Å². The number of hydrogen-bond acceptors (Lipinski definition) is 3. The van der Waals surface area contributed by atoms with Crippen LogP contribution in [-0.4, -0.2) is 12.9 Å². The van der Waals surface area contributed by atoms with Crippen molar-refractivity contribution in [3.05, 3.63) is 43.0 Å². The fourth-order valence-corrected chi connectivity index (χ4v) is 2.20. The van der Waals surface area contributed by atoms with Crippen molar-refractivity contribution in [1.29, 1.82) is 0 Å². The third-order valence-corrected chi connectivity index (χ3v) is 3.34. The molecule has 18 heavy (non-hydrogen) atoms. The summed E-state index contributed by atoms with van der Waals surface area (Å²) in [5.41, 5.74) is 7.07. The molecule has 0 bridgehead atoms. The minimum absolute atomic E-state index is 0.323. The molecule has 1 fully saturated rings. The van der Waals surface area contributed by atoms with Crippen LogP contribution in [0.25, 0.3) is 0 Å². The molecule has 0 aliphatic heterocycles. The molecule has 3 nitrogen and oxygen atoms in total. The lowest BCUT2D eigenvalue weighted by Gasteiger charge is -2.33. The van der Waals surface area contributed by atoms with Gasteiger partial charge in [-0.1, -0.05) is 12.1 Å². The molecule has 98 valence electrons. The van der Waals surface area contributed by atoms with Gasteiger partial charge < -0.3 is 10.5 Å². The lowest BCUT2D eigenvalue weighted by Crippen LogP contribution is -2.40. The number of hydrogen-bond donors (Lipinski definition) is 1. The molecule has 0 heterocycles. The summed E-state index contributed by atoms with van der Waals surface area (Å²) in [6.45, 7) is 6.00. The Kier molecular flexibility index (Phi) is 5.10. The van der Waals surface area contributed by atoms with Crippen LogP contribution in [0, 0.1) is 0 Å². The van der Waals surface area contributed by atoms with Gasteiger partial charge in [0.15, 0.2) is 0 Å². The van der Waals surface area contributed by atoms with E-state index >= 15 is 0 Å². The number of benzene rings is 1. The number of ketones is 1. The highest BCUT2D eigenvalue weighted by molar-refractivity contribution is 5.79. The minimum Gasteiger partial charge on any atom is -0.497 e. The van der Waals surface area contributed by atoms with Crippen molar-refractivity contribution in [3.63, 3.8) is 0 Å². The van der Waals surface area contributed by atoms with Gasteiger partial charge in [0.25, 0.3) is 0 Å². The second-order valence-electron chi connectivity index (χ2n) is 4.43. The number of methoxy groups -OCH3 is 1. The molecule has 3 heteroatoms. The normalized spacial score (nSPS) is 17.6. The van der Waals surface area contributed by atoms with Crippen molar-refractivity contribution in [1.82, 2.24) is 0 Å². The summed E-state index contributed by atoms with van der Waals surface area (Å²) in [7, 11) is 1.65. The van der Waals surface area contributed by atoms with Crippen molar-refractivity contribution >= 4 is 5.78 Å². The number of ether oxygens (including phenoxy) is 1. The molecule has 0 unspecified atom stereocenters. The standard InChI is InChI=1S/C13H17NO2.C2H4/c1-16-12-4-2-3-10(9-12)13(14)7-5-11(15)6-8-13;1-2/h2-4,9H,5-8,14H2,1H3;1-2H2. The first-order valence-electron chi connectivity index (χ1n) is 6.09. The van der Waals surface area contributed by atoms with E-state index in [1.54, 1.807) is 7.11 Å². The maximum absolute atomic E-state index is 11.2. The van der Waals surface area contributed by atoms with Crippen LogP contribution in [0.1, 0.15) is 31.2 Å². The van der Waals surface area contributed by atoms with E-state index in [1.165, 1.54) is 0 Å². The Morgan fingerprint density at radius 1 is 1.28 bits per heavy atom. The van der Waals surface area contributed by atoms with Gasteiger partial charge in [0, 0.05) is 18.4 Å². The van der Waals surface area contributed by atoms with E-state index in [4.69, 9.17) is 10.5 Å². The summed E-state index contributed by atoms with van der Waals surface area (Å²) >= 11 is 0. The molecule has 1 aromatic rings. The van der Waals surface area contributed by atoms with Crippen molar-refractivity contribution in [2.75, 3.05) is 7.11 Å². The average Bonchev–Trinajstić information content (AvgIpc) is 2.44. The summed E-state index contributed by atoms with van der Waals surface area (Å²) < 4.78 is 5.19. The van der Waals surface area contributed by atoms with Gasteiger partial charge in [0.05, 0.1) is 7.11 Å². The summed E-state index contributed by atoms with van der Waals surface area (Å²) in [6.07, 6.45) is 2.65. The molecule has 1 aliphatic rings. The van der Waals surface area contributed by atoms with Gasteiger partial charge in [-0.25, -0.2) is 0 Å². The zero-order chi connectivity index (χ0) is 13.6. The van der Waals surface area contributed by atoms with Crippen LogP contribution in [-0.2, 0) is 10.3 Å². The van der Waals surface area contributed by atoms with E-state index in [0.29, 0.717) is 18.6 Å². The molecule has 1 aromatic carbocycles. The molecule has 1 saturated carbocycles. The molecule has 0 spiro atoms. The summed E-state index contributed by atoms with van der Waals surface area (Å²) in [4.78, 5) is 11.2. The molecule has 0 saturated heterocycles. The zero-order valence-electron chi connectivity index (χ0n) is 10.9. The van der Waals surface area contributed by atoms with E-state index in [9.17, 15) is 4.79 Å². The van der Waals surface area contributed by atoms with Crippen molar-refractivity contribution in [2.24, 2.45) is 5.73 Å². The summed E-state index contributed by atoms with van der Waals surface area (Å²) in [5, 5.41) is 0. The smallest absolute Gasteiger partial charge is 0.133 e. The average molecular weight is 247 g/mol. The van der Waals surface area contributed by atoms with Crippen LogP contribution in [0.2, 0.25) is 0 Å². The Morgan fingerprint density at radius 2 is 1.89 bits per heavy atom. The largest absolute Gasteiger partial charge is 0.497 e. The van der Waals surface area contributed by atoms with E-state index in [2.05, 4.69) is 13.2 Å². The Hall–Kier alpha value is -1.61. The molecule has 0 amide bonds. The highest BCUT2D eigenvalue weighted by Gasteiger charge is 2.32. The van der Waals surface area contributed by atoms with Gasteiger partial charge in [-0.3, -0.25) is 4.79 Å². The lowest BCUT2D eigenvalue weighted by atomic mass is 9.77. The predicted molar refractivity (Wildman–Crippen MR) is 73.6 cm³/mol. The minimum atomic E-state index is -0.359. The highest BCUT2D eigenvalue weighted by Crippen LogP contribution is 2.34. The van der Waals surface area contributed by atoms with Gasteiger partial charge in [0.2, 0.25) is 0 Å². The van der Waals surface area contributed by atoms with Gasteiger partial charge in [-0.05, 0) is 30.5 Å². The number of carbonyl (C=O) groups is 1. The Morgan fingerprint density at radius 3 is 2.44 bits per heavy atom. The van der Waals surface area contributed by atoms with E-state index in [0.717, 1.165) is 24.2 Å². The maximum Gasteiger partial charge on any atom is 0.133 e. The van der Waals surface area contributed by atoms with Crippen molar-refractivity contribution in [3.8, 4) is 5.75 Å². The van der Waals surface area contributed by atoms with Gasteiger partial charge in [-0.2, -0.15) is 0 Å². The Labute approximate surface area is 109 Å². The monoisotopic (exact) mass is 247 g/mol. The van der Waals surface area contributed by atoms with Crippen LogP contribution < -0.4 is 10.5 Å². The second-order valence-corrected chi connectivity index (χ2v) is 4.43. The second kappa shape index (κ2) is 6.36. The molecule has 0 radical (unpaired) electrons. The quantitative estimate of drug-likeness (QED) is 0.818.